The largest absolute Gasteiger partial charge is 0.393 e. The SMILES string of the molecule is CCCCCC(O)C=C[C@H]1CC[C@H](O)[C@@H]1CCCCC(C)(C)CC. The van der Waals surface area contributed by atoms with Gasteiger partial charge in [0.05, 0.1) is 12.2 Å². The van der Waals surface area contributed by atoms with Crippen molar-refractivity contribution in [3.8, 4) is 0 Å². The van der Waals surface area contributed by atoms with E-state index in [1.54, 1.807) is 0 Å². The molecule has 2 N–H and O–H groups in total. The zero-order valence-corrected chi connectivity index (χ0v) is 16.6. The number of rotatable bonds is 12. The first-order valence-electron chi connectivity index (χ1n) is 10.4. The minimum Gasteiger partial charge on any atom is -0.393 e. The van der Waals surface area contributed by atoms with Gasteiger partial charge in [-0.05, 0) is 49.4 Å². The molecule has 0 aromatic heterocycles. The fraction of sp³-hybridized carbons (Fsp3) is 0.909. The van der Waals surface area contributed by atoms with E-state index in [0.29, 0.717) is 17.3 Å². The Bertz CT molecular complexity index is 348. The standard InChI is InChI=1S/C22H42O2/c1-5-7-8-11-19(23)15-13-18-14-16-21(24)20(18)12-9-10-17-22(3,4)6-2/h13,15,18-21,23-24H,5-12,14,16-17H2,1-4H3/t18-,19?,20+,21-/m0/s1. The van der Waals surface area contributed by atoms with E-state index in [2.05, 4.69) is 33.8 Å². The van der Waals surface area contributed by atoms with E-state index in [4.69, 9.17) is 0 Å². The van der Waals surface area contributed by atoms with Crippen LogP contribution in [0.5, 0.6) is 0 Å². The van der Waals surface area contributed by atoms with Crippen LogP contribution >= 0.6 is 0 Å². The number of aliphatic hydroxyl groups is 2. The molecule has 1 aliphatic carbocycles. The van der Waals surface area contributed by atoms with Crippen molar-refractivity contribution in [1.82, 2.24) is 0 Å². The minimum atomic E-state index is -0.305. The van der Waals surface area contributed by atoms with E-state index in [1.165, 1.54) is 38.5 Å². The van der Waals surface area contributed by atoms with Crippen LogP contribution in [-0.2, 0) is 0 Å². The van der Waals surface area contributed by atoms with Gasteiger partial charge in [0, 0.05) is 0 Å². The van der Waals surface area contributed by atoms with E-state index >= 15 is 0 Å². The molecule has 0 bridgehead atoms. The van der Waals surface area contributed by atoms with Crippen molar-refractivity contribution >= 4 is 0 Å². The van der Waals surface area contributed by atoms with Gasteiger partial charge in [-0.1, -0.05) is 78.4 Å². The minimum absolute atomic E-state index is 0.143. The van der Waals surface area contributed by atoms with E-state index in [9.17, 15) is 10.2 Å². The second-order valence-corrected chi connectivity index (χ2v) is 8.68. The Morgan fingerprint density at radius 3 is 2.50 bits per heavy atom. The Balaban J connectivity index is 2.36. The molecule has 0 spiro atoms. The Kier molecular flexibility index (Phi) is 10.2. The topological polar surface area (TPSA) is 40.5 Å². The van der Waals surface area contributed by atoms with E-state index in [0.717, 1.165) is 32.1 Å². The van der Waals surface area contributed by atoms with Crippen LogP contribution in [0, 0.1) is 17.3 Å². The molecule has 1 fully saturated rings. The molecule has 142 valence electrons. The highest BCUT2D eigenvalue weighted by atomic mass is 16.3. The zero-order chi connectivity index (χ0) is 18.0. The first kappa shape index (κ1) is 21.7. The van der Waals surface area contributed by atoms with Crippen molar-refractivity contribution in [3.63, 3.8) is 0 Å². The maximum absolute atomic E-state index is 10.3. The van der Waals surface area contributed by atoms with Gasteiger partial charge < -0.3 is 10.2 Å². The Morgan fingerprint density at radius 2 is 1.83 bits per heavy atom. The number of allylic oxidation sites excluding steroid dienone is 1. The zero-order valence-electron chi connectivity index (χ0n) is 16.6. The van der Waals surface area contributed by atoms with Gasteiger partial charge in [-0.2, -0.15) is 0 Å². The molecule has 0 radical (unpaired) electrons. The van der Waals surface area contributed by atoms with Crippen molar-refractivity contribution < 1.29 is 10.2 Å². The summed E-state index contributed by atoms with van der Waals surface area (Å²) in [7, 11) is 0. The van der Waals surface area contributed by atoms with Crippen LogP contribution in [0.15, 0.2) is 12.2 Å². The van der Waals surface area contributed by atoms with Gasteiger partial charge in [-0.3, -0.25) is 0 Å². The Morgan fingerprint density at radius 1 is 1.08 bits per heavy atom. The molecule has 0 amide bonds. The summed E-state index contributed by atoms with van der Waals surface area (Å²) in [5, 5.41) is 20.4. The maximum Gasteiger partial charge on any atom is 0.0721 e. The second kappa shape index (κ2) is 11.3. The predicted octanol–water partition coefficient (Wildman–Crippen LogP) is 5.87. The van der Waals surface area contributed by atoms with Crippen LogP contribution in [0.3, 0.4) is 0 Å². The lowest BCUT2D eigenvalue weighted by Crippen LogP contribution is -2.19. The molecule has 1 aliphatic rings. The molecule has 1 unspecified atom stereocenters. The van der Waals surface area contributed by atoms with Gasteiger partial charge >= 0.3 is 0 Å². The molecular formula is C22H42O2. The summed E-state index contributed by atoms with van der Waals surface area (Å²) in [6, 6.07) is 0. The van der Waals surface area contributed by atoms with Crippen molar-refractivity contribution in [3.05, 3.63) is 12.2 Å². The van der Waals surface area contributed by atoms with E-state index in [-0.39, 0.29) is 12.2 Å². The highest BCUT2D eigenvalue weighted by molar-refractivity contribution is 5.00. The summed E-state index contributed by atoms with van der Waals surface area (Å²) in [5.41, 5.74) is 0.455. The van der Waals surface area contributed by atoms with Crippen LogP contribution in [0.25, 0.3) is 0 Å². The third-order valence-electron chi connectivity index (χ3n) is 6.12. The number of aliphatic hydroxyl groups excluding tert-OH is 2. The summed E-state index contributed by atoms with van der Waals surface area (Å²) >= 11 is 0. The molecule has 0 heterocycles. The molecule has 0 aliphatic heterocycles. The molecule has 24 heavy (non-hydrogen) atoms. The van der Waals surface area contributed by atoms with Crippen LogP contribution in [0.4, 0.5) is 0 Å². The third kappa shape index (κ3) is 8.16. The van der Waals surface area contributed by atoms with Crippen molar-refractivity contribution in [1.29, 1.82) is 0 Å². The lowest BCUT2D eigenvalue weighted by Gasteiger charge is -2.24. The maximum atomic E-state index is 10.3. The Hall–Kier alpha value is -0.340. The average Bonchev–Trinajstić information content (AvgIpc) is 2.90. The number of hydrogen-bond acceptors (Lipinski definition) is 2. The van der Waals surface area contributed by atoms with Gasteiger partial charge in [0.25, 0.3) is 0 Å². The molecule has 0 saturated heterocycles. The fourth-order valence-corrected chi connectivity index (χ4v) is 3.85. The molecule has 2 nitrogen and oxygen atoms in total. The molecular weight excluding hydrogens is 296 g/mol. The fourth-order valence-electron chi connectivity index (χ4n) is 3.85. The smallest absolute Gasteiger partial charge is 0.0721 e. The van der Waals surface area contributed by atoms with Gasteiger partial charge in [-0.15, -0.1) is 0 Å². The average molecular weight is 339 g/mol. The third-order valence-corrected chi connectivity index (χ3v) is 6.12. The predicted molar refractivity (Wildman–Crippen MR) is 104 cm³/mol. The van der Waals surface area contributed by atoms with Crippen molar-refractivity contribution in [2.24, 2.45) is 17.3 Å². The highest BCUT2D eigenvalue weighted by Gasteiger charge is 2.32. The Labute approximate surface area is 150 Å². The van der Waals surface area contributed by atoms with Gasteiger partial charge in [0.15, 0.2) is 0 Å². The summed E-state index contributed by atoms with van der Waals surface area (Å²) in [6.45, 7) is 9.16. The normalized spacial score (nSPS) is 26.3. The summed E-state index contributed by atoms with van der Waals surface area (Å²) in [6.07, 6.45) is 16.2. The molecule has 4 atom stereocenters. The van der Waals surface area contributed by atoms with Crippen molar-refractivity contribution in [2.75, 3.05) is 0 Å². The number of hydrogen-bond donors (Lipinski definition) is 2. The quantitative estimate of drug-likeness (QED) is 0.345. The molecule has 1 rings (SSSR count). The van der Waals surface area contributed by atoms with Crippen LogP contribution in [0.2, 0.25) is 0 Å². The highest BCUT2D eigenvalue weighted by Crippen LogP contribution is 2.37. The monoisotopic (exact) mass is 338 g/mol. The number of unbranched alkanes of at least 4 members (excludes halogenated alkanes) is 3. The first-order chi connectivity index (χ1) is 11.4. The molecule has 0 aromatic carbocycles. The van der Waals surface area contributed by atoms with E-state index < -0.39 is 0 Å². The first-order valence-corrected chi connectivity index (χ1v) is 10.4. The van der Waals surface area contributed by atoms with Crippen LogP contribution < -0.4 is 0 Å². The molecule has 1 saturated carbocycles. The van der Waals surface area contributed by atoms with E-state index in [1.807, 2.05) is 6.08 Å². The summed E-state index contributed by atoms with van der Waals surface area (Å²) in [5.74, 6) is 0.855. The van der Waals surface area contributed by atoms with Crippen molar-refractivity contribution in [2.45, 2.75) is 111 Å². The second-order valence-electron chi connectivity index (χ2n) is 8.68. The van der Waals surface area contributed by atoms with Crippen LogP contribution in [-0.4, -0.2) is 22.4 Å². The van der Waals surface area contributed by atoms with Gasteiger partial charge in [-0.25, -0.2) is 0 Å². The molecule has 0 aromatic rings. The lowest BCUT2D eigenvalue weighted by atomic mass is 9.83. The molecule has 2 heteroatoms. The van der Waals surface area contributed by atoms with Crippen LogP contribution in [0.1, 0.15) is 98.3 Å². The summed E-state index contributed by atoms with van der Waals surface area (Å²) in [4.78, 5) is 0. The van der Waals surface area contributed by atoms with Gasteiger partial charge in [0.2, 0.25) is 0 Å². The lowest BCUT2D eigenvalue weighted by molar-refractivity contribution is 0.116. The van der Waals surface area contributed by atoms with Gasteiger partial charge in [0.1, 0.15) is 0 Å². The summed E-state index contributed by atoms with van der Waals surface area (Å²) < 4.78 is 0.